The number of unbranched alkanes of at least 4 members (excludes halogenated alkanes) is 2. The number of aromatic nitrogens is 4. The fraction of sp³-hybridized carbons (Fsp3) is 0.548. The molecule has 3 aromatic rings. The first-order valence-electron chi connectivity index (χ1n) is 15.3. The zero-order valence-electron chi connectivity index (χ0n) is 25.4. The van der Waals surface area contributed by atoms with E-state index < -0.39 is 17.5 Å². The lowest BCUT2D eigenvalue weighted by molar-refractivity contribution is -0.190. The molecule has 2 fully saturated rings. The summed E-state index contributed by atoms with van der Waals surface area (Å²) < 4.78 is 48.9. The molecule has 1 saturated heterocycles. The van der Waals surface area contributed by atoms with Crippen LogP contribution in [0.15, 0.2) is 47.6 Å². The first-order valence-corrected chi connectivity index (χ1v) is 16.5. The van der Waals surface area contributed by atoms with Gasteiger partial charge < -0.3 is 15.4 Å². The SMILES string of the molecule is CC1(C)CC(CCCCCNc2cccc(SNC(=O)c3ccc(-n4ccc(OCCC5(C(F)(F)F)CC5)n4)nc3Cl)n2)CN1. The number of hydrogen-bond acceptors (Lipinski definition) is 8. The summed E-state index contributed by atoms with van der Waals surface area (Å²) in [6.45, 7) is 6.40. The molecule has 9 nitrogen and oxygen atoms in total. The van der Waals surface area contributed by atoms with Crippen LogP contribution in [0.4, 0.5) is 19.0 Å². The molecule has 1 aliphatic heterocycles. The molecule has 1 saturated carbocycles. The van der Waals surface area contributed by atoms with Gasteiger partial charge in [0.25, 0.3) is 5.91 Å². The summed E-state index contributed by atoms with van der Waals surface area (Å²) in [5, 5.41) is 11.8. The molecule has 244 valence electrons. The van der Waals surface area contributed by atoms with Gasteiger partial charge in [0.05, 0.1) is 17.6 Å². The van der Waals surface area contributed by atoms with Gasteiger partial charge >= 0.3 is 6.18 Å². The number of amides is 1. The van der Waals surface area contributed by atoms with Gasteiger partial charge in [-0.1, -0.05) is 30.5 Å². The quantitative estimate of drug-likeness (QED) is 0.0888. The van der Waals surface area contributed by atoms with Crippen LogP contribution in [0.3, 0.4) is 0 Å². The highest BCUT2D eigenvalue weighted by Gasteiger charge is 2.62. The zero-order valence-corrected chi connectivity index (χ0v) is 27.0. The van der Waals surface area contributed by atoms with Crippen LogP contribution < -0.4 is 20.1 Å². The maximum atomic E-state index is 13.1. The van der Waals surface area contributed by atoms with E-state index in [4.69, 9.17) is 16.3 Å². The molecule has 5 rings (SSSR count). The smallest absolute Gasteiger partial charge is 0.394 e. The lowest BCUT2D eigenvalue weighted by Crippen LogP contribution is -2.31. The minimum absolute atomic E-state index is 0.0271. The summed E-state index contributed by atoms with van der Waals surface area (Å²) in [6.07, 6.45) is 3.47. The van der Waals surface area contributed by atoms with Crippen molar-refractivity contribution in [2.45, 2.75) is 82.0 Å². The molecule has 45 heavy (non-hydrogen) atoms. The molecule has 14 heteroatoms. The van der Waals surface area contributed by atoms with Crippen LogP contribution in [-0.2, 0) is 0 Å². The van der Waals surface area contributed by atoms with Gasteiger partial charge in [0.1, 0.15) is 16.0 Å². The predicted octanol–water partition coefficient (Wildman–Crippen LogP) is 7.22. The van der Waals surface area contributed by atoms with Crippen LogP contribution in [0.1, 0.15) is 75.6 Å². The largest absolute Gasteiger partial charge is 0.477 e. The number of nitrogens with zero attached hydrogens (tertiary/aromatic N) is 4. The molecule has 1 aliphatic carbocycles. The lowest BCUT2D eigenvalue weighted by atomic mass is 9.93. The molecule has 4 heterocycles. The topological polar surface area (TPSA) is 106 Å². The average molecular weight is 666 g/mol. The predicted molar refractivity (Wildman–Crippen MR) is 169 cm³/mol. The highest BCUT2D eigenvalue weighted by molar-refractivity contribution is 7.97. The third-order valence-electron chi connectivity index (χ3n) is 8.40. The fourth-order valence-corrected chi connectivity index (χ4v) is 6.41. The van der Waals surface area contributed by atoms with Gasteiger partial charge in [-0.2, -0.15) is 13.2 Å². The Morgan fingerprint density at radius 1 is 1.16 bits per heavy atom. The van der Waals surface area contributed by atoms with Crippen molar-refractivity contribution in [1.82, 2.24) is 29.8 Å². The van der Waals surface area contributed by atoms with Crippen molar-refractivity contribution in [3.05, 3.63) is 53.3 Å². The molecule has 3 aromatic heterocycles. The molecule has 0 radical (unpaired) electrons. The van der Waals surface area contributed by atoms with E-state index in [0.29, 0.717) is 10.8 Å². The van der Waals surface area contributed by atoms with Crippen LogP contribution in [0.2, 0.25) is 5.15 Å². The molecular formula is C31H39ClF3N7O2S. The number of nitrogens with one attached hydrogen (secondary N) is 3. The molecule has 0 spiro atoms. The Hall–Kier alpha value is -3.03. The molecule has 1 amide bonds. The minimum Gasteiger partial charge on any atom is -0.477 e. The van der Waals surface area contributed by atoms with Crippen molar-refractivity contribution >= 4 is 35.3 Å². The van der Waals surface area contributed by atoms with Crippen LogP contribution in [0.25, 0.3) is 5.82 Å². The van der Waals surface area contributed by atoms with Crippen molar-refractivity contribution in [3.63, 3.8) is 0 Å². The van der Waals surface area contributed by atoms with Crippen LogP contribution >= 0.6 is 23.5 Å². The summed E-state index contributed by atoms with van der Waals surface area (Å²) >= 11 is 7.40. The van der Waals surface area contributed by atoms with Gasteiger partial charge in [-0.25, -0.2) is 14.6 Å². The Bertz CT molecular complexity index is 1460. The summed E-state index contributed by atoms with van der Waals surface area (Å²) in [5.74, 6) is 1.59. The first-order chi connectivity index (χ1) is 21.4. The van der Waals surface area contributed by atoms with E-state index in [1.165, 1.54) is 42.5 Å². The number of halogens is 4. The normalized spacial score (nSPS) is 18.5. The Morgan fingerprint density at radius 2 is 1.98 bits per heavy atom. The van der Waals surface area contributed by atoms with Gasteiger partial charge in [-0.3, -0.25) is 9.52 Å². The van der Waals surface area contributed by atoms with E-state index in [2.05, 4.69) is 44.3 Å². The maximum Gasteiger partial charge on any atom is 0.394 e. The standard InChI is InChI=1S/C31H39ClF3N7O2S/c1-29(2)19-21(20-37-29)7-4-3-5-16-36-23-8-6-9-26(38-23)45-41-28(43)22-10-11-24(39-27(22)32)42-17-12-25(40-42)44-18-15-30(13-14-30)31(33,34)35/h6,8-12,17,21,37H,3-5,7,13-16,18-20H2,1-2H3,(H,36,38)(H,41,43). The van der Waals surface area contributed by atoms with Crippen LogP contribution in [0.5, 0.6) is 5.88 Å². The number of pyridine rings is 2. The zero-order chi connectivity index (χ0) is 32.1. The Balaban J connectivity index is 1.04. The Kier molecular flexibility index (Phi) is 10.5. The Morgan fingerprint density at radius 3 is 2.69 bits per heavy atom. The summed E-state index contributed by atoms with van der Waals surface area (Å²) in [5.41, 5.74) is -1.19. The number of anilines is 1. The van der Waals surface area contributed by atoms with E-state index in [1.54, 1.807) is 18.3 Å². The monoisotopic (exact) mass is 665 g/mol. The summed E-state index contributed by atoms with van der Waals surface area (Å²) in [6, 6.07) is 10.2. The molecule has 1 atom stereocenters. The van der Waals surface area contributed by atoms with Gasteiger partial charge in [0, 0.05) is 36.3 Å². The van der Waals surface area contributed by atoms with E-state index in [1.807, 2.05) is 12.1 Å². The number of ether oxygens (including phenoxy) is 1. The second kappa shape index (κ2) is 14.2. The van der Waals surface area contributed by atoms with E-state index >= 15 is 0 Å². The number of hydrogen-bond donors (Lipinski definition) is 3. The van der Waals surface area contributed by atoms with Crippen molar-refractivity contribution in [2.24, 2.45) is 11.3 Å². The van der Waals surface area contributed by atoms with Crippen molar-refractivity contribution < 1.29 is 22.7 Å². The highest BCUT2D eigenvalue weighted by atomic mass is 35.5. The number of carbonyl (C=O) groups is 1. The lowest BCUT2D eigenvalue weighted by Gasteiger charge is -2.18. The fourth-order valence-electron chi connectivity index (χ4n) is 5.58. The molecule has 2 aliphatic rings. The third kappa shape index (κ3) is 9.04. The minimum atomic E-state index is -4.22. The maximum absolute atomic E-state index is 13.1. The highest BCUT2D eigenvalue weighted by Crippen LogP contribution is 2.59. The third-order valence-corrected chi connectivity index (χ3v) is 9.41. The molecular weight excluding hydrogens is 627 g/mol. The van der Waals surface area contributed by atoms with E-state index in [0.717, 1.165) is 43.2 Å². The van der Waals surface area contributed by atoms with Crippen LogP contribution in [0, 0.1) is 11.3 Å². The van der Waals surface area contributed by atoms with Gasteiger partial charge in [0.15, 0.2) is 5.82 Å². The second-order valence-electron chi connectivity index (χ2n) is 12.5. The summed E-state index contributed by atoms with van der Waals surface area (Å²) in [7, 11) is 0. The Labute approximate surface area is 270 Å². The summed E-state index contributed by atoms with van der Waals surface area (Å²) in [4.78, 5) is 21.6. The molecule has 3 N–H and O–H groups in total. The number of alkyl halides is 3. The van der Waals surface area contributed by atoms with Gasteiger partial charge in [-0.05, 0) is 89.1 Å². The van der Waals surface area contributed by atoms with Crippen molar-refractivity contribution in [3.8, 4) is 11.7 Å². The van der Waals surface area contributed by atoms with E-state index in [-0.39, 0.29) is 48.0 Å². The van der Waals surface area contributed by atoms with Crippen molar-refractivity contribution in [2.75, 3.05) is 25.0 Å². The average Bonchev–Trinajstić information content (AvgIpc) is 3.52. The van der Waals surface area contributed by atoms with E-state index in [9.17, 15) is 18.0 Å². The second-order valence-corrected chi connectivity index (χ2v) is 13.7. The molecule has 1 unspecified atom stereocenters. The first kappa shape index (κ1) is 33.3. The molecule has 0 bridgehead atoms. The molecule has 0 aromatic carbocycles. The van der Waals surface area contributed by atoms with Gasteiger partial charge in [-0.15, -0.1) is 5.10 Å². The van der Waals surface area contributed by atoms with Crippen LogP contribution in [-0.4, -0.2) is 57.1 Å². The number of carbonyl (C=O) groups excluding carboxylic acids is 1. The number of rotatable bonds is 15. The van der Waals surface area contributed by atoms with Crippen molar-refractivity contribution in [1.29, 1.82) is 0 Å². The van der Waals surface area contributed by atoms with Gasteiger partial charge in [0.2, 0.25) is 5.88 Å².